The summed E-state index contributed by atoms with van der Waals surface area (Å²) in [7, 11) is 0. The smallest absolute Gasteiger partial charge is 0.338 e. The summed E-state index contributed by atoms with van der Waals surface area (Å²) in [5.41, 5.74) is 2.68. The molecule has 2 nitrogen and oxygen atoms in total. The zero-order chi connectivity index (χ0) is 18.1. The molecule has 3 aromatic rings. The third-order valence-electron chi connectivity index (χ3n) is 3.98. The number of esters is 1. The van der Waals surface area contributed by atoms with Crippen LogP contribution in [0.4, 0.5) is 0 Å². The standard InChI is InChI=1S/C22H16O2S2/c1-14(2)22(23)24-16-12-10-15(11-13-16)17-6-5-9-20-21(17)26-19-8-4-3-7-18(19)25-20/h3-13H,1H2,2H3. The minimum atomic E-state index is -0.404. The van der Waals surface area contributed by atoms with Crippen molar-refractivity contribution in [1.82, 2.24) is 0 Å². The Balaban J connectivity index is 1.66. The van der Waals surface area contributed by atoms with Crippen LogP contribution in [0, 0.1) is 0 Å². The Bertz CT molecular complexity index is 1010. The molecule has 0 aromatic heterocycles. The molecular weight excluding hydrogens is 360 g/mol. The van der Waals surface area contributed by atoms with Crippen molar-refractivity contribution in [3.8, 4) is 16.9 Å². The highest BCUT2D eigenvalue weighted by Crippen LogP contribution is 2.51. The van der Waals surface area contributed by atoms with E-state index in [0.717, 1.165) is 5.56 Å². The lowest BCUT2D eigenvalue weighted by atomic mass is 10.1. The molecule has 3 aromatic carbocycles. The van der Waals surface area contributed by atoms with E-state index in [1.807, 2.05) is 24.3 Å². The SMILES string of the molecule is C=C(C)C(=O)Oc1ccc(-c2cccc3c2Sc2ccccc2S3)cc1. The van der Waals surface area contributed by atoms with Crippen molar-refractivity contribution in [3.63, 3.8) is 0 Å². The fourth-order valence-electron chi connectivity index (χ4n) is 2.67. The van der Waals surface area contributed by atoms with Gasteiger partial charge in [0.2, 0.25) is 0 Å². The molecule has 0 unspecified atom stereocenters. The molecule has 0 bridgehead atoms. The third-order valence-corrected chi connectivity index (χ3v) is 6.60. The molecule has 0 fully saturated rings. The van der Waals surface area contributed by atoms with Gasteiger partial charge in [-0.05, 0) is 48.4 Å². The number of benzene rings is 3. The van der Waals surface area contributed by atoms with Gasteiger partial charge in [0, 0.05) is 25.2 Å². The maximum absolute atomic E-state index is 11.6. The summed E-state index contributed by atoms with van der Waals surface area (Å²) in [5.74, 6) is 0.123. The average Bonchev–Trinajstić information content (AvgIpc) is 2.66. The Morgan fingerprint density at radius 1 is 0.846 bits per heavy atom. The van der Waals surface area contributed by atoms with E-state index in [-0.39, 0.29) is 0 Å². The minimum Gasteiger partial charge on any atom is -0.423 e. The van der Waals surface area contributed by atoms with Gasteiger partial charge in [0.25, 0.3) is 0 Å². The second kappa shape index (κ2) is 7.06. The van der Waals surface area contributed by atoms with Gasteiger partial charge < -0.3 is 4.74 Å². The van der Waals surface area contributed by atoms with Crippen molar-refractivity contribution in [1.29, 1.82) is 0 Å². The van der Waals surface area contributed by atoms with Gasteiger partial charge in [0.15, 0.2) is 0 Å². The summed E-state index contributed by atoms with van der Waals surface area (Å²) in [6.45, 7) is 5.24. The van der Waals surface area contributed by atoms with Crippen molar-refractivity contribution in [3.05, 3.63) is 78.9 Å². The Morgan fingerprint density at radius 2 is 1.50 bits per heavy atom. The number of ether oxygens (including phenoxy) is 1. The number of hydrogen-bond acceptors (Lipinski definition) is 4. The first-order valence-electron chi connectivity index (χ1n) is 8.18. The second-order valence-corrected chi connectivity index (χ2v) is 8.11. The summed E-state index contributed by atoms with van der Waals surface area (Å²) in [6.07, 6.45) is 0. The number of hydrogen-bond donors (Lipinski definition) is 0. The highest BCUT2D eigenvalue weighted by molar-refractivity contribution is 8.05. The lowest BCUT2D eigenvalue weighted by molar-refractivity contribution is -0.130. The molecule has 0 atom stereocenters. The molecule has 4 rings (SSSR count). The van der Waals surface area contributed by atoms with Crippen LogP contribution in [0.3, 0.4) is 0 Å². The van der Waals surface area contributed by atoms with Gasteiger partial charge in [-0.15, -0.1) is 0 Å². The van der Waals surface area contributed by atoms with Crippen LogP contribution < -0.4 is 4.74 Å². The summed E-state index contributed by atoms with van der Waals surface area (Å²) >= 11 is 3.61. The zero-order valence-electron chi connectivity index (χ0n) is 14.2. The molecule has 1 aliphatic rings. The van der Waals surface area contributed by atoms with Crippen LogP contribution in [0.25, 0.3) is 11.1 Å². The van der Waals surface area contributed by atoms with Gasteiger partial charge in [0.05, 0.1) is 0 Å². The Morgan fingerprint density at radius 3 is 2.19 bits per heavy atom. The lowest BCUT2D eigenvalue weighted by Gasteiger charge is -2.21. The van der Waals surface area contributed by atoms with E-state index in [0.29, 0.717) is 11.3 Å². The van der Waals surface area contributed by atoms with E-state index in [2.05, 4.69) is 49.0 Å². The normalized spacial score (nSPS) is 12.0. The largest absolute Gasteiger partial charge is 0.423 e. The molecule has 0 saturated heterocycles. The van der Waals surface area contributed by atoms with E-state index in [1.165, 1.54) is 25.1 Å². The monoisotopic (exact) mass is 376 g/mol. The van der Waals surface area contributed by atoms with Gasteiger partial charge in [0.1, 0.15) is 5.75 Å². The maximum atomic E-state index is 11.6. The molecule has 128 valence electrons. The first kappa shape index (κ1) is 17.0. The minimum absolute atomic E-state index is 0.387. The Labute approximate surface area is 161 Å². The molecule has 0 aliphatic carbocycles. The fraction of sp³-hybridized carbons (Fsp3) is 0.0455. The van der Waals surface area contributed by atoms with Gasteiger partial charge in [-0.25, -0.2) is 4.79 Å². The first-order valence-corrected chi connectivity index (χ1v) is 9.81. The van der Waals surface area contributed by atoms with Crippen molar-refractivity contribution in [2.45, 2.75) is 26.5 Å². The Hall–Kier alpha value is -2.43. The third kappa shape index (κ3) is 3.30. The van der Waals surface area contributed by atoms with Crippen LogP contribution in [0.5, 0.6) is 5.75 Å². The van der Waals surface area contributed by atoms with E-state index in [1.54, 1.807) is 30.4 Å². The topological polar surface area (TPSA) is 26.3 Å². The number of carbonyl (C=O) groups excluding carboxylic acids is 1. The van der Waals surface area contributed by atoms with Crippen LogP contribution in [-0.4, -0.2) is 5.97 Å². The van der Waals surface area contributed by atoms with Gasteiger partial charge in [-0.1, -0.05) is 66.5 Å². The predicted octanol–water partition coefficient (Wildman–Crippen LogP) is 6.45. The molecule has 1 aliphatic heterocycles. The van der Waals surface area contributed by atoms with Crippen LogP contribution in [0.2, 0.25) is 0 Å². The Kier molecular flexibility index (Phi) is 4.62. The van der Waals surface area contributed by atoms with Crippen LogP contribution in [-0.2, 0) is 4.79 Å². The van der Waals surface area contributed by atoms with Gasteiger partial charge in [-0.2, -0.15) is 0 Å². The second-order valence-electron chi connectivity index (χ2n) is 5.98. The van der Waals surface area contributed by atoms with Crippen molar-refractivity contribution >= 4 is 29.5 Å². The molecule has 26 heavy (non-hydrogen) atoms. The molecular formula is C22H16O2S2. The van der Waals surface area contributed by atoms with Crippen molar-refractivity contribution in [2.75, 3.05) is 0 Å². The molecule has 4 heteroatoms. The summed E-state index contributed by atoms with van der Waals surface area (Å²) in [4.78, 5) is 16.8. The van der Waals surface area contributed by atoms with Crippen LogP contribution in [0.15, 0.2) is 98.5 Å². The maximum Gasteiger partial charge on any atom is 0.338 e. The van der Waals surface area contributed by atoms with E-state index in [9.17, 15) is 4.79 Å². The van der Waals surface area contributed by atoms with Crippen molar-refractivity contribution in [2.24, 2.45) is 0 Å². The van der Waals surface area contributed by atoms with Crippen molar-refractivity contribution < 1.29 is 9.53 Å². The highest BCUT2D eigenvalue weighted by atomic mass is 32.2. The number of fused-ring (bicyclic) bond motifs is 2. The molecule has 1 heterocycles. The van der Waals surface area contributed by atoms with Gasteiger partial charge in [-0.3, -0.25) is 0 Å². The molecule has 0 amide bonds. The average molecular weight is 377 g/mol. The summed E-state index contributed by atoms with van der Waals surface area (Å²) < 4.78 is 5.28. The fourth-order valence-corrected chi connectivity index (χ4v) is 5.07. The lowest BCUT2D eigenvalue weighted by Crippen LogP contribution is -2.07. The summed E-state index contributed by atoms with van der Waals surface area (Å²) in [6, 6.07) is 22.5. The van der Waals surface area contributed by atoms with Crippen LogP contribution >= 0.6 is 23.5 Å². The van der Waals surface area contributed by atoms with Gasteiger partial charge >= 0.3 is 5.97 Å². The van der Waals surface area contributed by atoms with E-state index < -0.39 is 5.97 Å². The van der Waals surface area contributed by atoms with E-state index in [4.69, 9.17) is 4.74 Å². The number of carbonyl (C=O) groups is 1. The molecule has 0 saturated carbocycles. The molecule has 0 N–H and O–H groups in total. The van der Waals surface area contributed by atoms with E-state index >= 15 is 0 Å². The predicted molar refractivity (Wildman–Crippen MR) is 107 cm³/mol. The quantitative estimate of drug-likeness (QED) is 0.233. The van der Waals surface area contributed by atoms with Crippen LogP contribution in [0.1, 0.15) is 6.92 Å². The number of rotatable bonds is 3. The molecule has 0 radical (unpaired) electrons. The zero-order valence-corrected chi connectivity index (χ0v) is 15.8. The summed E-state index contributed by atoms with van der Waals surface area (Å²) in [5, 5.41) is 0. The highest BCUT2D eigenvalue weighted by Gasteiger charge is 2.20. The first-order chi connectivity index (χ1) is 12.6. The molecule has 0 spiro atoms.